The molecule has 8 heteroatoms. The van der Waals surface area contributed by atoms with Crippen LogP contribution in [0.3, 0.4) is 0 Å². The predicted octanol–water partition coefficient (Wildman–Crippen LogP) is 4.66. The van der Waals surface area contributed by atoms with Gasteiger partial charge in [0.1, 0.15) is 18.1 Å². The molecule has 0 unspecified atom stereocenters. The predicted molar refractivity (Wildman–Crippen MR) is 145 cm³/mol. The molecule has 3 aromatic carbocycles. The zero-order valence-electron chi connectivity index (χ0n) is 20.5. The second kappa shape index (κ2) is 10.7. The minimum Gasteiger partial charge on any atom is -0.506 e. The van der Waals surface area contributed by atoms with Gasteiger partial charge in [-0.25, -0.2) is 9.13 Å². The number of anilines is 7. The fraction of sp³-hybridized carbons (Fsp3) is 0.222. The molecule has 4 rings (SSSR count). The maximum atomic E-state index is 10.4. The summed E-state index contributed by atoms with van der Waals surface area (Å²) < 4.78 is 4.22. The molecule has 0 saturated carbocycles. The van der Waals surface area contributed by atoms with Crippen molar-refractivity contribution >= 4 is 39.8 Å². The Morgan fingerprint density at radius 1 is 0.914 bits per heavy atom. The molecule has 4 aromatic rings. The van der Waals surface area contributed by atoms with E-state index in [-0.39, 0.29) is 5.75 Å². The molecule has 35 heavy (non-hydrogen) atoms. The molecule has 0 aliphatic rings. The molecule has 1 heterocycles. The number of nitrogens with two attached hydrogens (primary N) is 1. The third-order valence-electron chi connectivity index (χ3n) is 5.74. The van der Waals surface area contributed by atoms with E-state index in [1.54, 1.807) is 6.07 Å². The van der Waals surface area contributed by atoms with Crippen molar-refractivity contribution < 1.29 is 9.67 Å². The Kier molecular flexibility index (Phi) is 7.30. The van der Waals surface area contributed by atoms with Crippen molar-refractivity contribution in [2.75, 3.05) is 47.2 Å². The number of nitrogens with one attached hydrogen (secondary N) is 3. The lowest BCUT2D eigenvalue weighted by Gasteiger charge is -2.16. The Bertz CT molecular complexity index is 1250. The monoisotopic (exact) mass is 472 g/mol. The van der Waals surface area contributed by atoms with Crippen LogP contribution in [0.4, 0.5) is 39.8 Å². The van der Waals surface area contributed by atoms with Crippen LogP contribution in [0.2, 0.25) is 0 Å². The van der Waals surface area contributed by atoms with Gasteiger partial charge < -0.3 is 31.7 Å². The van der Waals surface area contributed by atoms with E-state index in [2.05, 4.69) is 33.0 Å². The summed E-state index contributed by atoms with van der Waals surface area (Å²) in [7, 11) is 6.04. The summed E-state index contributed by atoms with van der Waals surface area (Å²) in [5.74, 6) is 0.0941. The summed E-state index contributed by atoms with van der Waals surface area (Å²) in [6.07, 6.45) is 7.23. The number of nitrogen functional groups attached to an aromatic ring is 1. The van der Waals surface area contributed by atoms with Gasteiger partial charge in [0, 0.05) is 55.9 Å². The molecule has 0 saturated heterocycles. The number of hydrogen-bond acceptors (Lipinski definition) is 6. The second-order valence-electron chi connectivity index (χ2n) is 8.82. The number of phenols is 1. The van der Waals surface area contributed by atoms with Gasteiger partial charge in [-0.15, -0.1) is 0 Å². The van der Waals surface area contributed by atoms with Gasteiger partial charge in [-0.1, -0.05) is 0 Å². The summed E-state index contributed by atoms with van der Waals surface area (Å²) in [6.45, 7) is 1.86. The molecule has 0 aliphatic carbocycles. The van der Waals surface area contributed by atoms with Crippen molar-refractivity contribution in [3.05, 3.63) is 79.4 Å². The number of imidazole rings is 1. The van der Waals surface area contributed by atoms with Crippen LogP contribution in [0.15, 0.2) is 79.4 Å². The number of aryl methyl sites for hydroxylation is 2. The lowest BCUT2D eigenvalue weighted by molar-refractivity contribution is -0.671. The van der Waals surface area contributed by atoms with Gasteiger partial charge in [0.25, 0.3) is 0 Å². The Hall–Kier alpha value is -4.33. The van der Waals surface area contributed by atoms with Crippen LogP contribution < -0.4 is 31.2 Å². The number of aromatic hydroxyl groups is 1. The van der Waals surface area contributed by atoms with Crippen molar-refractivity contribution in [2.45, 2.75) is 13.0 Å². The van der Waals surface area contributed by atoms with Crippen LogP contribution in [0.1, 0.15) is 6.42 Å². The largest absolute Gasteiger partial charge is 0.506 e. The Labute approximate surface area is 206 Å². The number of aromatic nitrogens is 2. The minimum atomic E-state index is 0.0941. The molecule has 1 aromatic heterocycles. The fourth-order valence-electron chi connectivity index (χ4n) is 3.77. The van der Waals surface area contributed by atoms with Crippen LogP contribution in [0, 0.1) is 0 Å². The Morgan fingerprint density at radius 3 is 2.17 bits per heavy atom. The van der Waals surface area contributed by atoms with Gasteiger partial charge >= 0.3 is 0 Å². The highest BCUT2D eigenvalue weighted by molar-refractivity contribution is 5.82. The summed E-state index contributed by atoms with van der Waals surface area (Å²) in [5, 5.41) is 20.5. The highest BCUT2D eigenvalue weighted by Crippen LogP contribution is 2.36. The van der Waals surface area contributed by atoms with Crippen LogP contribution in [0.5, 0.6) is 5.75 Å². The minimum absolute atomic E-state index is 0.0941. The molecular formula is C27H34N7O+. The average molecular weight is 473 g/mol. The number of phenolic OH excluding ortho intramolecular Hbond substituents is 1. The molecule has 0 atom stereocenters. The van der Waals surface area contributed by atoms with Crippen molar-refractivity contribution in [1.29, 1.82) is 0 Å². The lowest BCUT2D eigenvalue weighted by atomic mass is 10.2. The second-order valence-corrected chi connectivity index (χ2v) is 8.82. The number of benzene rings is 3. The van der Waals surface area contributed by atoms with Gasteiger partial charge in [0.15, 0.2) is 0 Å². The van der Waals surface area contributed by atoms with Gasteiger partial charge in [-0.05, 0) is 54.6 Å². The van der Waals surface area contributed by atoms with E-state index in [9.17, 15) is 5.11 Å². The summed E-state index contributed by atoms with van der Waals surface area (Å²) >= 11 is 0. The fourth-order valence-corrected chi connectivity index (χ4v) is 3.77. The maximum Gasteiger partial charge on any atom is 0.243 e. The van der Waals surface area contributed by atoms with E-state index in [1.807, 2.05) is 91.4 Å². The normalized spacial score (nSPS) is 10.7. The van der Waals surface area contributed by atoms with E-state index >= 15 is 0 Å². The first kappa shape index (κ1) is 23.8. The van der Waals surface area contributed by atoms with Crippen LogP contribution in [-0.2, 0) is 13.6 Å². The lowest BCUT2D eigenvalue weighted by Crippen LogP contribution is -2.23. The van der Waals surface area contributed by atoms with Gasteiger partial charge in [-0.2, -0.15) is 0 Å². The third kappa shape index (κ3) is 6.38. The van der Waals surface area contributed by atoms with Gasteiger partial charge in [0.2, 0.25) is 6.33 Å². The van der Waals surface area contributed by atoms with E-state index in [1.165, 1.54) is 0 Å². The topological polar surface area (TPSA) is 94.4 Å². The molecule has 0 radical (unpaired) electrons. The van der Waals surface area contributed by atoms with Crippen LogP contribution in [-0.4, -0.2) is 30.3 Å². The van der Waals surface area contributed by atoms with E-state index < -0.39 is 0 Å². The quantitative estimate of drug-likeness (QED) is 0.0758. The van der Waals surface area contributed by atoms with Crippen LogP contribution in [0.25, 0.3) is 0 Å². The zero-order chi connectivity index (χ0) is 24.8. The van der Waals surface area contributed by atoms with E-state index in [4.69, 9.17) is 5.73 Å². The molecule has 8 nitrogen and oxygen atoms in total. The Balaban J connectivity index is 1.35. The highest BCUT2D eigenvalue weighted by atomic mass is 16.3. The molecule has 0 spiro atoms. The molecule has 0 amide bonds. The summed E-state index contributed by atoms with van der Waals surface area (Å²) in [6, 6.07) is 19.5. The molecule has 182 valence electrons. The first-order valence-electron chi connectivity index (χ1n) is 11.7. The average Bonchev–Trinajstić information content (AvgIpc) is 3.26. The van der Waals surface area contributed by atoms with Crippen molar-refractivity contribution in [1.82, 2.24) is 4.57 Å². The standard InChI is InChI=1S/C27H33N7O/c1-32(2)23-11-9-22(10-12-23)30-25-18-26(27(35)17-24(25)28)31-21-7-5-20(6-8-21)29-13-4-14-34-16-15-33(3)19-34/h5-12,15-19,29-31H,4,13-14,28H2,1-3H3/p+1. The third-order valence-corrected chi connectivity index (χ3v) is 5.74. The number of rotatable bonds is 10. The molecule has 0 aliphatic heterocycles. The van der Waals surface area contributed by atoms with E-state index in [0.717, 1.165) is 47.9 Å². The molecule has 0 bridgehead atoms. The molecular weight excluding hydrogens is 438 g/mol. The number of nitrogens with zero attached hydrogens (tertiary/aromatic N) is 3. The van der Waals surface area contributed by atoms with Crippen LogP contribution >= 0.6 is 0 Å². The number of hydrogen-bond donors (Lipinski definition) is 5. The summed E-state index contributed by atoms with van der Waals surface area (Å²) in [5.41, 5.74) is 11.9. The van der Waals surface area contributed by atoms with Crippen molar-refractivity contribution in [3.8, 4) is 5.75 Å². The first-order valence-corrected chi connectivity index (χ1v) is 11.7. The SMILES string of the molecule is CN(C)c1ccc(Nc2cc(Nc3ccc(NCCCn4cc[n+](C)c4)cc3)c(O)cc2N)cc1. The Morgan fingerprint density at radius 2 is 1.54 bits per heavy atom. The van der Waals surface area contributed by atoms with Crippen molar-refractivity contribution in [2.24, 2.45) is 7.05 Å². The summed E-state index contributed by atoms with van der Waals surface area (Å²) in [4.78, 5) is 2.05. The first-order chi connectivity index (χ1) is 16.9. The van der Waals surface area contributed by atoms with Gasteiger partial charge in [0.05, 0.1) is 30.7 Å². The maximum absolute atomic E-state index is 10.4. The smallest absolute Gasteiger partial charge is 0.243 e. The molecule has 0 fully saturated rings. The van der Waals surface area contributed by atoms with E-state index in [0.29, 0.717) is 11.4 Å². The highest BCUT2D eigenvalue weighted by Gasteiger charge is 2.09. The van der Waals surface area contributed by atoms with Crippen molar-refractivity contribution in [3.63, 3.8) is 0 Å². The zero-order valence-corrected chi connectivity index (χ0v) is 20.5. The molecule has 6 N–H and O–H groups in total. The van der Waals surface area contributed by atoms with Gasteiger partial charge in [-0.3, -0.25) is 0 Å².